The van der Waals surface area contributed by atoms with E-state index in [0.717, 1.165) is 25.1 Å². The molecule has 1 aromatic rings. The molecule has 1 fully saturated rings. The van der Waals surface area contributed by atoms with Crippen molar-refractivity contribution in [1.82, 2.24) is 10.2 Å². The number of hydrogen-bond acceptors (Lipinski definition) is 4. The molecule has 1 aliphatic heterocycles. The minimum atomic E-state index is -1.34. The third kappa shape index (κ3) is 4.45. The van der Waals surface area contributed by atoms with E-state index in [1.807, 2.05) is 12.1 Å². The highest BCUT2D eigenvalue weighted by Gasteiger charge is 2.32. The number of benzene rings is 1. The molecule has 0 saturated carbocycles. The lowest BCUT2D eigenvalue weighted by atomic mass is 9.84. The normalized spacial score (nSPS) is 22.7. The minimum Gasteiger partial charge on any atom is -0.497 e. The molecule has 2 unspecified atom stereocenters. The second-order valence-electron chi connectivity index (χ2n) is 6.87. The fourth-order valence-corrected chi connectivity index (χ4v) is 3.24. The Morgan fingerprint density at radius 1 is 1.39 bits per heavy atom. The van der Waals surface area contributed by atoms with E-state index >= 15 is 0 Å². The van der Waals surface area contributed by atoms with E-state index < -0.39 is 5.60 Å². The lowest BCUT2D eigenvalue weighted by molar-refractivity contribution is -0.136. The Morgan fingerprint density at radius 3 is 2.61 bits per heavy atom. The molecule has 1 heterocycles. The smallest absolute Gasteiger partial charge is 0.251 e. The zero-order valence-corrected chi connectivity index (χ0v) is 14.5. The maximum Gasteiger partial charge on any atom is 0.251 e. The van der Waals surface area contributed by atoms with Crippen molar-refractivity contribution in [3.8, 4) is 5.75 Å². The van der Waals surface area contributed by atoms with E-state index in [4.69, 9.17) is 4.74 Å². The molecular formula is C18H28N2O3. The Bertz CT molecular complexity index is 522. The summed E-state index contributed by atoms with van der Waals surface area (Å²) in [6.45, 7) is 4.64. The van der Waals surface area contributed by atoms with Crippen LogP contribution in [-0.4, -0.2) is 48.8 Å². The van der Waals surface area contributed by atoms with E-state index in [0.29, 0.717) is 12.5 Å². The molecule has 0 radical (unpaired) electrons. The molecule has 0 aliphatic carbocycles. The molecule has 0 bridgehead atoms. The summed E-state index contributed by atoms with van der Waals surface area (Å²) < 4.78 is 5.23. The van der Waals surface area contributed by atoms with Crippen LogP contribution < -0.4 is 10.1 Å². The fraction of sp³-hybridized carbons (Fsp3) is 0.611. The van der Waals surface area contributed by atoms with E-state index in [1.165, 1.54) is 19.4 Å². The number of amides is 1. The van der Waals surface area contributed by atoms with E-state index in [9.17, 15) is 9.90 Å². The van der Waals surface area contributed by atoms with E-state index in [-0.39, 0.29) is 11.9 Å². The zero-order valence-electron chi connectivity index (χ0n) is 14.5. The molecule has 1 aromatic carbocycles. The molecule has 2 atom stereocenters. The van der Waals surface area contributed by atoms with Crippen LogP contribution in [0.4, 0.5) is 0 Å². The molecule has 23 heavy (non-hydrogen) atoms. The molecule has 1 aliphatic rings. The highest BCUT2D eigenvalue weighted by atomic mass is 16.5. The van der Waals surface area contributed by atoms with Gasteiger partial charge >= 0.3 is 0 Å². The summed E-state index contributed by atoms with van der Waals surface area (Å²) in [5.74, 6) is 0.853. The summed E-state index contributed by atoms with van der Waals surface area (Å²) in [6.07, 6.45) is 2.18. The number of nitrogens with zero attached hydrogens (tertiary/aromatic N) is 1. The second-order valence-corrected chi connectivity index (χ2v) is 6.87. The summed E-state index contributed by atoms with van der Waals surface area (Å²) in [5.41, 5.74) is -0.105. The van der Waals surface area contributed by atoms with Crippen LogP contribution >= 0.6 is 0 Å². The standard InChI is InChI=1S/C18H28N2O3/c1-18(2,22)17(21)19-12-14-6-5-11-20(3)16(14)13-7-9-15(23-4)10-8-13/h7-10,14,16,22H,5-6,11-12H2,1-4H3,(H,19,21). The van der Waals surface area contributed by atoms with Gasteiger partial charge in [-0.15, -0.1) is 0 Å². The Labute approximate surface area is 138 Å². The molecule has 0 spiro atoms. The van der Waals surface area contributed by atoms with Gasteiger partial charge in [0, 0.05) is 12.6 Å². The number of nitrogens with one attached hydrogen (secondary N) is 1. The maximum atomic E-state index is 11.9. The van der Waals surface area contributed by atoms with Crippen LogP contribution in [0.3, 0.4) is 0 Å². The van der Waals surface area contributed by atoms with Crippen LogP contribution in [0.15, 0.2) is 24.3 Å². The van der Waals surface area contributed by atoms with Gasteiger partial charge in [0.15, 0.2) is 0 Å². The highest BCUT2D eigenvalue weighted by molar-refractivity contribution is 5.83. The third-order valence-electron chi connectivity index (χ3n) is 4.54. The SMILES string of the molecule is COc1ccc(C2C(CNC(=O)C(C)(C)O)CCCN2C)cc1. The third-order valence-corrected chi connectivity index (χ3v) is 4.54. The van der Waals surface area contributed by atoms with Gasteiger partial charge < -0.3 is 15.2 Å². The molecule has 5 heteroatoms. The van der Waals surface area contributed by atoms with Gasteiger partial charge in [0.05, 0.1) is 7.11 Å². The summed E-state index contributed by atoms with van der Waals surface area (Å²) in [6, 6.07) is 8.40. The number of rotatable bonds is 5. The monoisotopic (exact) mass is 320 g/mol. The predicted octanol–water partition coefficient (Wildman–Crippen LogP) is 1.97. The molecule has 2 rings (SSSR count). The topological polar surface area (TPSA) is 61.8 Å². The number of hydrogen-bond donors (Lipinski definition) is 2. The van der Waals surface area contributed by atoms with Crippen molar-refractivity contribution in [1.29, 1.82) is 0 Å². The maximum absolute atomic E-state index is 11.9. The molecule has 1 saturated heterocycles. The van der Waals surface area contributed by atoms with Crippen molar-refractivity contribution >= 4 is 5.91 Å². The van der Waals surface area contributed by atoms with Crippen molar-refractivity contribution in [2.45, 2.75) is 38.3 Å². The lowest BCUT2D eigenvalue weighted by Crippen LogP contribution is -2.47. The predicted molar refractivity (Wildman–Crippen MR) is 90.4 cm³/mol. The Hall–Kier alpha value is -1.59. The Balaban J connectivity index is 2.10. The number of carbonyl (C=O) groups is 1. The summed E-state index contributed by atoms with van der Waals surface area (Å²) in [5, 5.41) is 12.7. The van der Waals surface area contributed by atoms with Gasteiger partial charge in [-0.25, -0.2) is 0 Å². The first-order valence-electron chi connectivity index (χ1n) is 8.18. The van der Waals surface area contributed by atoms with Crippen LogP contribution in [0.5, 0.6) is 5.75 Å². The summed E-state index contributed by atoms with van der Waals surface area (Å²) in [4.78, 5) is 14.3. The van der Waals surface area contributed by atoms with Crippen molar-refractivity contribution in [3.05, 3.63) is 29.8 Å². The van der Waals surface area contributed by atoms with Crippen LogP contribution in [0.25, 0.3) is 0 Å². The Kier molecular flexibility index (Phi) is 5.65. The van der Waals surface area contributed by atoms with Gasteiger partial charge in [0.25, 0.3) is 5.91 Å². The molecule has 1 amide bonds. The van der Waals surface area contributed by atoms with Crippen molar-refractivity contribution in [2.75, 3.05) is 27.2 Å². The van der Waals surface area contributed by atoms with Crippen LogP contribution in [0.2, 0.25) is 0 Å². The first-order chi connectivity index (χ1) is 10.8. The lowest BCUT2D eigenvalue weighted by Gasteiger charge is -2.40. The van der Waals surface area contributed by atoms with E-state index in [2.05, 4.69) is 29.4 Å². The van der Waals surface area contributed by atoms with Crippen molar-refractivity contribution in [3.63, 3.8) is 0 Å². The number of aliphatic hydroxyl groups is 1. The molecule has 0 aromatic heterocycles. The first-order valence-corrected chi connectivity index (χ1v) is 8.18. The van der Waals surface area contributed by atoms with Gasteiger partial charge in [-0.2, -0.15) is 0 Å². The van der Waals surface area contributed by atoms with Crippen LogP contribution in [-0.2, 0) is 4.79 Å². The molecule has 128 valence electrons. The Morgan fingerprint density at radius 2 is 2.04 bits per heavy atom. The summed E-state index contributed by atoms with van der Waals surface area (Å²) in [7, 11) is 3.79. The molecule has 5 nitrogen and oxygen atoms in total. The van der Waals surface area contributed by atoms with Gasteiger partial charge in [-0.3, -0.25) is 9.69 Å². The number of carbonyl (C=O) groups excluding carboxylic acids is 1. The zero-order chi connectivity index (χ0) is 17.0. The quantitative estimate of drug-likeness (QED) is 0.871. The average Bonchev–Trinajstić information content (AvgIpc) is 2.52. The van der Waals surface area contributed by atoms with E-state index in [1.54, 1.807) is 7.11 Å². The number of piperidine rings is 1. The van der Waals surface area contributed by atoms with Crippen LogP contribution in [0, 0.1) is 5.92 Å². The summed E-state index contributed by atoms with van der Waals surface area (Å²) >= 11 is 0. The first kappa shape index (κ1) is 17.8. The molecule has 2 N–H and O–H groups in total. The minimum absolute atomic E-state index is 0.261. The van der Waals surface area contributed by atoms with Gasteiger partial charge in [0.2, 0.25) is 0 Å². The van der Waals surface area contributed by atoms with Crippen LogP contribution in [0.1, 0.15) is 38.3 Å². The number of ether oxygens (including phenoxy) is 1. The number of methoxy groups -OCH3 is 1. The van der Waals surface area contributed by atoms with Gasteiger partial charge in [-0.1, -0.05) is 12.1 Å². The highest BCUT2D eigenvalue weighted by Crippen LogP contribution is 2.35. The second kappa shape index (κ2) is 7.32. The molecular weight excluding hydrogens is 292 g/mol. The fourth-order valence-electron chi connectivity index (χ4n) is 3.24. The van der Waals surface area contributed by atoms with Crippen molar-refractivity contribution < 1.29 is 14.6 Å². The van der Waals surface area contributed by atoms with Gasteiger partial charge in [-0.05, 0) is 63.9 Å². The number of likely N-dealkylation sites (tertiary alicyclic amines) is 1. The van der Waals surface area contributed by atoms with Crippen molar-refractivity contribution in [2.24, 2.45) is 5.92 Å². The largest absolute Gasteiger partial charge is 0.497 e. The van der Waals surface area contributed by atoms with Gasteiger partial charge in [0.1, 0.15) is 11.4 Å². The average molecular weight is 320 g/mol.